The topological polar surface area (TPSA) is 34.1 Å². The highest BCUT2D eigenvalue weighted by Gasteiger charge is 2.38. The van der Waals surface area contributed by atoms with Gasteiger partial charge >= 0.3 is 0 Å². The van der Waals surface area contributed by atoms with E-state index in [1.807, 2.05) is 24.3 Å². The number of fused-ring (bicyclic) bond motifs is 1. The highest BCUT2D eigenvalue weighted by molar-refractivity contribution is 6.06. The van der Waals surface area contributed by atoms with E-state index in [0.717, 1.165) is 17.2 Å². The van der Waals surface area contributed by atoms with E-state index in [-0.39, 0.29) is 17.1 Å². The predicted octanol–water partition coefficient (Wildman–Crippen LogP) is 4.40. The van der Waals surface area contributed by atoms with Crippen molar-refractivity contribution in [3.05, 3.63) is 70.8 Å². The monoisotopic (exact) mass is 326 g/mol. The lowest BCUT2D eigenvalue weighted by molar-refractivity contribution is -0.130. The fourth-order valence-corrected chi connectivity index (χ4v) is 3.43. The number of hydrogen-bond donors (Lipinski definition) is 0. The van der Waals surface area contributed by atoms with Crippen molar-refractivity contribution >= 4 is 23.2 Å². The molecule has 1 aliphatic rings. The molecule has 1 unspecified atom stereocenters. The number of hydrogen-bond acceptors (Lipinski definition) is 2. The standard InChI is InChI=1S/C20H16F2O2/c1-11(23)19(12(2)24)20-15-6-4-3-5-13(15)9-17(20)16-8-7-14(21)10-18(16)22/h3-10,19-20H,1-2H3. The Morgan fingerprint density at radius 3 is 2.29 bits per heavy atom. The average molecular weight is 326 g/mol. The van der Waals surface area contributed by atoms with Gasteiger partial charge in [-0.3, -0.25) is 9.59 Å². The molecule has 2 aromatic carbocycles. The fraction of sp³-hybridized carbons (Fsp3) is 0.200. The Bertz CT molecular complexity index is 854. The predicted molar refractivity (Wildman–Crippen MR) is 88.3 cm³/mol. The van der Waals surface area contributed by atoms with Crippen LogP contribution in [0.15, 0.2) is 42.5 Å². The third kappa shape index (κ3) is 2.68. The molecule has 0 bridgehead atoms. The molecule has 122 valence electrons. The summed E-state index contributed by atoms with van der Waals surface area (Å²) in [7, 11) is 0. The van der Waals surface area contributed by atoms with Gasteiger partial charge in [-0.05, 0) is 42.7 Å². The number of rotatable bonds is 4. The second-order valence-corrected chi connectivity index (χ2v) is 6.03. The lowest BCUT2D eigenvalue weighted by atomic mass is 9.77. The zero-order valence-corrected chi connectivity index (χ0v) is 13.3. The average Bonchev–Trinajstić information content (AvgIpc) is 2.86. The number of ketones is 2. The quantitative estimate of drug-likeness (QED) is 0.781. The highest BCUT2D eigenvalue weighted by Crippen LogP contribution is 2.47. The Morgan fingerprint density at radius 2 is 1.67 bits per heavy atom. The number of benzene rings is 2. The molecule has 2 nitrogen and oxygen atoms in total. The van der Waals surface area contributed by atoms with Crippen LogP contribution in [0.25, 0.3) is 11.6 Å². The summed E-state index contributed by atoms with van der Waals surface area (Å²) in [6.07, 6.45) is 1.77. The molecule has 0 heterocycles. The molecule has 0 spiro atoms. The molecule has 2 aromatic rings. The molecule has 0 amide bonds. The third-order valence-corrected chi connectivity index (χ3v) is 4.43. The number of Topliss-reactive ketones (excluding diaryl/α,β-unsaturated/α-hetero) is 2. The van der Waals surface area contributed by atoms with Crippen molar-refractivity contribution in [1.82, 2.24) is 0 Å². The van der Waals surface area contributed by atoms with Gasteiger partial charge in [0.2, 0.25) is 0 Å². The first-order chi connectivity index (χ1) is 11.4. The SMILES string of the molecule is CC(=O)C(C(C)=O)C1C(c2ccc(F)cc2F)=Cc2ccccc21. The molecule has 0 fully saturated rings. The number of carbonyl (C=O) groups is 2. The van der Waals surface area contributed by atoms with Gasteiger partial charge in [-0.25, -0.2) is 8.78 Å². The summed E-state index contributed by atoms with van der Waals surface area (Å²) in [6, 6.07) is 10.7. The van der Waals surface area contributed by atoms with E-state index in [2.05, 4.69) is 0 Å². The van der Waals surface area contributed by atoms with Gasteiger partial charge in [-0.15, -0.1) is 0 Å². The van der Waals surface area contributed by atoms with Crippen molar-refractivity contribution < 1.29 is 18.4 Å². The van der Waals surface area contributed by atoms with Crippen molar-refractivity contribution in [2.24, 2.45) is 5.92 Å². The summed E-state index contributed by atoms with van der Waals surface area (Å²) in [5.74, 6) is -3.35. The summed E-state index contributed by atoms with van der Waals surface area (Å²) in [5, 5.41) is 0. The Kier molecular flexibility index (Phi) is 4.14. The molecule has 24 heavy (non-hydrogen) atoms. The van der Waals surface area contributed by atoms with Crippen LogP contribution in [0, 0.1) is 17.6 Å². The number of carbonyl (C=O) groups excluding carboxylic acids is 2. The maximum atomic E-state index is 14.3. The van der Waals surface area contributed by atoms with E-state index in [9.17, 15) is 18.4 Å². The van der Waals surface area contributed by atoms with Crippen molar-refractivity contribution in [1.29, 1.82) is 0 Å². The van der Waals surface area contributed by atoms with E-state index in [1.165, 1.54) is 26.0 Å². The Balaban J connectivity index is 2.20. The minimum atomic E-state index is -0.885. The molecule has 0 aromatic heterocycles. The molecule has 0 aliphatic heterocycles. The van der Waals surface area contributed by atoms with E-state index in [4.69, 9.17) is 0 Å². The van der Waals surface area contributed by atoms with Crippen LogP contribution < -0.4 is 0 Å². The molecule has 1 aliphatic carbocycles. The maximum absolute atomic E-state index is 14.3. The normalized spacial score (nSPS) is 16.0. The van der Waals surface area contributed by atoms with Gasteiger partial charge in [0.05, 0.1) is 5.92 Å². The number of halogens is 2. The fourth-order valence-electron chi connectivity index (χ4n) is 3.43. The first kappa shape index (κ1) is 16.2. The second kappa shape index (κ2) is 6.11. The van der Waals surface area contributed by atoms with Crippen LogP contribution in [0.5, 0.6) is 0 Å². The van der Waals surface area contributed by atoms with Gasteiger partial charge < -0.3 is 0 Å². The number of allylic oxidation sites excluding steroid dienone is 1. The van der Waals surface area contributed by atoms with E-state index in [1.54, 1.807) is 6.08 Å². The molecular formula is C20H16F2O2. The minimum Gasteiger partial charge on any atom is -0.299 e. The molecule has 4 heteroatoms. The van der Waals surface area contributed by atoms with Crippen LogP contribution in [0.3, 0.4) is 0 Å². The van der Waals surface area contributed by atoms with Gasteiger partial charge in [-0.2, -0.15) is 0 Å². The Hall–Kier alpha value is -2.62. The molecule has 0 radical (unpaired) electrons. The van der Waals surface area contributed by atoms with Gasteiger partial charge in [0.15, 0.2) is 0 Å². The molecular weight excluding hydrogens is 310 g/mol. The first-order valence-electron chi connectivity index (χ1n) is 7.67. The van der Waals surface area contributed by atoms with Crippen LogP contribution in [0.2, 0.25) is 0 Å². The second-order valence-electron chi connectivity index (χ2n) is 6.03. The third-order valence-electron chi connectivity index (χ3n) is 4.43. The van der Waals surface area contributed by atoms with Gasteiger partial charge in [0.25, 0.3) is 0 Å². The summed E-state index contributed by atoms with van der Waals surface area (Å²) >= 11 is 0. The Labute approximate surface area is 138 Å². The summed E-state index contributed by atoms with van der Waals surface area (Å²) in [5.41, 5.74) is 2.40. The lowest BCUT2D eigenvalue weighted by Crippen LogP contribution is -2.27. The first-order valence-corrected chi connectivity index (χ1v) is 7.67. The van der Waals surface area contributed by atoms with E-state index in [0.29, 0.717) is 5.57 Å². The van der Waals surface area contributed by atoms with Crippen LogP contribution >= 0.6 is 0 Å². The smallest absolute Gasteiger partial charge is 0.141 e. The van der Waals surface area contributed by atoms with Crippen molar-refractivity contribution in [3.63, 3.8) is 0 Å². The minimum absolute atomic E-state index is 0.213. The van der Waals surface area contributed by atoms with Crippen molar-refractivity contribution in [2.75, 3.05) is 0 Å². The molecule has 1 atom stereocenters. The van der Waals surface area contributed by atoms with Gasteiger partial charge in [-0.1, -0.05) is 30.3 Å². The highest BCUT2D eigenvalue weighted by atomic mass is 19.1. The van der Waals surface area contributed by atoms with Crippen LogP contribution in [-0.2, 0) is 9.59 Å². The van der Waals surface area contributed by atoms with E-state index >= 15 is 0 Å². The zero-order valence-electron chi connectivity index (χ0n) is 13.3. The Morgan fingerprint density at radius 1 is 1.00 bits per heavy atom. The zero-order chi connectivity index (χ0) is 17.4. The summed E-state index contributed by atoms with van der Waals surface area (Å²) in [4.78, 5) is 24.2. The molecule has 0 saturated carbocycles. The molecule has 0 N–H and O–H groups in total. The summed E-state index contributed by atoms with van der Waals surface area (Å²) < 4.78 is 27.6. The maximum Gasteiger partial charge on any atom is 0.141 e. The summed E-state index contributed by atoms with van der Waals surface area (Å²) in [6.45, 7) is 2.73. The van der Waals surface area contributed by atoms with Crippen molar-refractivity contribution in [2.45, 2.75) is 19.8 Å². The van der Waals surface area contributed by atoms with E-state index < -0.39 is 23.5 Å². The van der Waals surface area contributed by atoms with Crippen LogP contribution in [0.1, 0.15) is 36.5 Å². The molecule has 0 saturated heterocycles. The largest absolute Gasteiger partial charge is 0.299 e. The van der Waals surface area contributed by atoms with Crippen LogP contribution in [-0.4, -0.2) is 11.6 Å². The van der Waals surface area contributed by atoms with Crippen LogP contribution in [0.4, 0.5) is 8.78 Å². The van der Waals surface area contributed by atoms with Gasteiger partial charge in [0.1, 0.15) is 23.2 Å². The van der Waals surface area contributed by atoms with Gasteiger partial charge in [0, 0.05) is 17.5 Å². The molecule has 3 rings (SSSR count). The van der Waals surface area contributed by atoms with Crippen molar-refractivity contribution in [3.8, 4) is 0 Å². The lowest BCUT2D eigenvalue weighted by Gasteiger charge is -2.24.